The molecule has 1 saturated heterocycles. The van der Waals surface area contributed by atoms with Crippen molar-refractivity contribution in [2.75, 3.05) is 18.0 Å². The minimum absolute atomic E-state index is 0.0833. The first-order chi connectivity index (χ1) is 16.5. The molecule has 4 rings (SSSR count). The van der Waals surface area contributed by atoms with Crippen LogP contribution in [-0.4, -0.2) is 55.5 Å². The number of fused-ring (bicyclic) bond motifs is 1. The summed E-state index contributed by atoms with van der Waals surface area (Å²) in [5.74, 6) is 0.509. The van der Waals surface area contributed by atoms with E-state index in [4.69, 9.17) is 16.6 Å². The molecule has 1 aliphatic rings. The number of piperazine rings is 1. The molecule has 1 amide bonds. The maximum Gasteiger partial charge on any atom is 0.355 e. The Hall–Kier alpha value is -3.26. The number of amides is 1. The summed E-state index contributed by atoms with van der Waals surface area (Å²) in [5.41, 5.74) is 3.10. The van der Waals surface area contributed by atoms with Gasteiger partial charge in [-0.15, -0.1) is 0 Å². The Kier molecular flexibility index (Phi) is 6.68. The summed E-state index contributed by atoms with van der Waals surface area (Å²) < 4.78 is 1.56. The van der Waals surface area contributed by atoms with E-state index in [0.29, 0.717) is 46.3 Å². The lowest BCUT2D eigenvalue weighted by Gasteiger charge is -2.45. The second-order valence-electron chi connectivity index (χ2n) is 9.55. The number of anilines is 1. The molecule has 1 fully saturated rings. The van der Waals surface area contributed by atoms with Gasteiger partial charge in [0.25, 0.3) is 0 Å². The van der Waals surface area contributed by atoms with Crippen LogP contribution in [0.25, 0.3) is 16.7 Å². The van der Waals surface area contributed by atoms with Gasteiger partial charge in [-0.05, 0) is 57.4 Å². The first kappa shape index (κ1) is 24.9. The van der Waals surface area contributed by atoms with Gasteiger partial charge in [0, 0.05) is 31.4 Å². The van der Waals surface area contributed by atoms with Gasteiger partial charge in [-0.25, -0.2) is 14.3 Å². The molecule has 184 valence electrons. The molecule has 1 aliphatic heterocycles. The van der Waals surface area contributed by atoms with Gasteiger partial charge in [0.15, 0.2) is 5.65 Å². The summed E-state index contributed by atoms with van der Waals surface area (Å²) in [6.07, 6.45) is 3.09. The molecule has 0 saturated carbocycles. The molecular formula is C26H31ClN6O2. The van der Waals surface area contributed by atoms with Crippen LogP contribution in [0.2, 0.25) is 5.02 Å². The van der Waals surface area contributed by atoms with E-state index in [9.17, 15) is 9.59 Å². The van der Waals surface area contributed by atoms with Gasteiger partial charge in [-0.1, -0.05) is 32.0 Å². The Morgan fingerprint density at radius 1 is 1.20 bits per heavy atom. The van der Waals surface area contributed by atoms with Gasteiger partial charge >= 0.3 is 5.69 Å². The number of pyridine rings is 2. The van der Waals surface area contributed by atoms with Gasteiger partial charge in [0.05, 0.1) is 27.5 Å². The van der Waals surface area contributed by atoms with Crippen molar-refractivity contribution in [3.8, 4) is 5.69 Å². The number of aryl methyl sites for hydroxylation is 2. The van der Waals surface area contributed by atoms with Gasteiger partial charge < -0.3 is 9.80 Å². The lowest BCUT2D eigenvalue weighted by Crippen LogP contribution is -2.58. The highest BCUT2D eigenvalue weighted by Gasteiger charge is 2.34. The summed E-state index contributed by atoms with van der Waals surface area (Å²) in [6.45, 7) is 16.5. The average Bonchev–Trinajstić information content (AvgIpc) is 2.79. The minimum Gasteiger partial charge on any atom is -0.347 e. The number of carbonyl (C=O) groups excluding carboxylic acids is 1. The summed E-state index contributed by atoms with van der Waals surface area (Å²) >= 11 is 6.53. The molecule has 0 radical (unpaired) electrons. The topological polar surface area (TPSA) is 84.2 Å². The molecule has 3 aromatic heterocycles. The molecule has 0 aromatic carbocycles. The van der Waals surface area contributed by atoms with Crippen LogP contribution in [0.1, 0.15) is 50.6 Å². The van der Waals surface area contributed by atoms with Crippen molar-refractivity contribution in [1.82, 2.24) is 24.4 Å². The Bertz CT molecular complexity index is 1370. The zero-order valence-corrected chi connectivity index (χ0v) is 21.8. The number of halogens is 1. The van der Waals surface area contributed by atoms with E-state index >= 15 is 0 Å². The van der Waals surface area contributed by atoms with E-state index in [1.54, 1.807) is 15.7 Å². The fraction of sp³-hybridized carbons (Fsp3) is 0.423. The van der Waals surface area contributed by atoms with E-state index < -0.39 is 5.69 Å². The van der Waals surface area contributed by atoms with Crippen LogP contribution in [0.4, 0.5) is 5.82 Å². The van der Waals surface area contributed by atoms with Crippen LogP contribution in [0.15, 0.2) is 35.8 Å². The maximum atomic E-state index is 13.7. The lowest BCUT2D eigenvalue weighted by atomic mass is 10.0. The van der Waals surface area contributed by atoms with Crippen molar-refractivity contribution in [2.45, 2.75) is 59.5 Å². The largest absolute Gasteiger partial charge is 0.355 e. The van der Waals surface area contributed by atoms with Crippen LogP contribution in [0, 0.1) is 13.8 Å². The zero-order chi connectivity index (χ0) is 25.6. The Labute approximate surface area is 210 Å². The van der Waals surface area contributed by atoms with Crippen molar-refractivity contribution in [2.24, 2.45) is 0 Å². The minimum atomic E-state index is -0.427. The summed E-state index contributed by atoms with van der Waals surface area (Å²) in [5, 5.41) is 1.18. The quantitative estimate of drug-likeness (QED) is 0.506. The van der Waals surface area contributed by atoms with Crippen LogP contribution < -0.4 is 10.6 Å². The second-order valence-corrected chi connectivity index (χ2v) is 9.96. The van der Waals surface area contributed by atoms with Gasteiger partial charge in [-0.3, -0.25) is 9.78 Å². The number of rotatable bonds is 4. The van der Waals surface area contributed by atoms with E-state index in [-0.39, 0.29) is 23.9 Å². The monoisotopic (exact) mass is 494 g/mol. The number of aromatic nitrogens is 4. The van der Waals surface area contributed by atoms with E-state index in [1.165, 1.54) is 6.08 Å². The first-order valence-electron chi connectivity index (χ1n) is 11.8. The number of hydrogen-bond donors (Lipinski definition) is 0. The second kappa shape index (κ2) is 9.41. The zero-order valence-electron chi connectivity index (χ0n) is 21.0. The Balaban J connectivity index is 2.00. The van der Waals surface area contributed by atoms with Gasteiger partial charge in [0.1, 0.15) is 5.82 Å². The number of carbonyl (C=O) groups is 1. The molecule has 35 heavy (non-hydrogen) atoms. The van der Waals surface area contributed by atoms with E-state index in [0.717, 1.165) is 11.3 Å². The smallest absolute Gasteiger partial charge is 0.347 e. The predicted octanol–water partition coefficient (Wildman–Crippen LogP) is 4.18. The molecule has 2 atom stereocenters. The number of hydrogen-bond acceptors (Lipinski definition) is 6. The average molecular weight is 495 g/mol. The third-order valence-corrected chi connectivity index (χ3v) is 6.93. The third kappa shape index (κ3) is 4.31. The van der Waals surface area contributed by atoms with Crippen molar-refractivity contribution < 1.29 is 4.79 Å². The van der Waals surface area contributed by atoms with Crippen molar-refractivity contribution in [3.05, 3.63) is 63.4 Å². The molecule has 0 unspecified atom stereocenters. The normalized spacial score (nSPS) is 18.4. The standard InChI is InChI=1S/C26H31ClN6O2/c1-8-21(34)31-12-16(5)32(17(6)13-31)25-19-11-20(27)18(7)29-24(19)33(26(35)30-25)23-15(4)9-10-28-22(23)14(2)3/h8-11,14,16-17H,1,12-13H2,2-7H3/t16-,17-/m0/s1. The highest BCUT2D eigenvalue weighted by molar-refractivity contribution is 6.32. The fourth-order valence-corrected chi connectivity index (χ4v) is 5.08. The van der Waals surface area contributed by atoms with Crippen molar-refractivity contribution >= 4 is 34.4 Å². The number of nitrogens with zero attached hydrogens (tertiary/aromatic N) is 6. The fourth-order valence-electron chi connectivity index (χ4n) is 4.93. The molecule has 9 heteroatoms. The van der Waals surface area contributed by atoms with Crippen molar-refractivity contribution in [1.29, 1.82) is 0 Å². The molecule has 4 heterocycles. The Morgan fingerprint density at radius 2 is 1.86 bits per heavy atom. The van der Waals surface area contributed by atoms with Crippen LogP contribution >= 0.6 is 11.6 Å². The summed E-state index contributed by atoms with van der Waals surface area (Å²) in [6, 6.07) is 3.55. The lowest BCUT2D eigenvalue weighted by molar-refractivity contribution is -0.127. The SMILES string of the molecule is C=CC(=O)N1C[C@H](C)N(c2nc(=O)n(-c3c(C)ccnc3C(C)C)c3nc(C)c(Cl)cc23)[C@@H](C)C1. The summed E-state index contributed by atoms with van der Waals surface area (Å²) in [7, 11) is 0. The van der Waals surface area contributed by atoms with E-state index in [2.05, 4.69) is 21.4 Å². The third-order valence-electron chi connectivity index (χ3n) is 6.55. The van der Waals surface area contributed by atoms with Crippen LogP contribution in [0.5, 0.6) is 0 Å². The molecule has 0 aliphatic carbocycles. The summed E-state index contributed by atoms with van der Waals surface area (Å²) in [4.78, 5) is 43.8. The van der Waals surface area contributed by atoms with Gasteiger partial charge in [-0.2, -0.15) is 4.98 Å². The Morgan fingerprint density at radius 3 is 2.46 bits per heavy atom. The molecule has 0 spiro atoms. The molecule has 3 aromatic rings. The maximum absolute atomic E-state index is 13.7. The highest BCUT2D eigenvalue weighted by Crippen LogP contribution is 2.33. The first-order valence-corrected chi connectivity index (χ1v) is 12.2. The molecule has 0 N–H and O–H groups in total. The van der Waals surface area contributed by atoms with Crippen LogP contribution in [0.3, 0.4) is 0 Å². The van der Waals surface area contributed by atoms with Crippen LogP contribution in [-0.2, 0) is 4.79 Å². The van der Waals surface area contributed by atoms with Gasteiger partial charge in [0.2, 0.25) is 5.91 Å². The highest BCUT2D eigenvalue weighted by atomic mass is 35.5. The molecular weight excluding hydrogens is 464 g/mol. The predicted molar refractivity (Wildman–Crippen MR) is 140 cm³/mol. The molecule has 0 bridgehead atoms. The van der Waals surface area contributed by atoms with E-state index in [1.807, 2.05) is 53.7 Å². The molecule has 8 nitrogen and oxygen atoms in total. The van der Waals surface area contributed by atoms with Crippen molar-refractivity contribution in [3.63, 3.8) is 0 Å².